The molecule has 2 N–H and O–H groups in total. The molecule has 0 fully saturated rings. The van der Waals surface area contributed by atoms with E-state index in [1.165, 1.54) is 21.3 Å². The van der Waals surface area contributed by atoms with Crippen molar-refractivity contribution in [3.8, 4) is 0 Å². The van der Waals surface area contributed by atoms with E-state index in [1.54, 1.807) is 0 Å². The van der Waals surface area contributed by atoms with Gasteiger partial charge in [0.1, 0.15) is 0 Å². The Bertz CT molecular complexity index is 199. The lowest BCUT2D eigenvalue weighted by Gasteiger charge is -2.13. The van der Waals surface area contributed by atoms with Gasteiger partial charge in [0.25, 0.3) is 10.2 Å². The van der Waals surface area contributed by atoms with Crippen molar-refractivity contribution in [3.63, 3.8) is 0 Å². The van der Waals surface area contributed by atoms with Gasteiger partial charge < -0.3 is 9.47 Å². The van der Waals surface area contributed by atoms with Crippen LogP contribution in [0.3, 0.4) is 0 Å². The molecule has 0 spiro atoms. The summed E-state index contributed by atoms with van der Waals surface area (Å²) in [5, 5.41) is 0. The summed E-state index contributed by atoms with van der Waals surface area (Å²) in [4.78, 5) is 0. The lowest BCUT2D eigenvalue weighted by Crippen LogP contribution is -2.39. The van der Waals surface area contributed by atoms with E-state index in [9.17, 15) is 8.42 Å². The highest BCUT2D eigenvalue weighted by molar-refractivity contribution is 7.87. The molecular formula is C5H14N2O4S. The zero-order chi connectivity index (χ0) is 9.61. The van der Waals surface area contributed by atoms with Crippen LogP contribution in [0.15, 0.2) is 0 Å². The van der Waals surface area contributed by atoms with Gasteiger partial charge in [-0.15, -0.1) is 0 Å². The average molecular weight is 198 g/mol. The van der Waals surface area contributed by atoms with Crippen LogP contribution in [-0.4, -0.2) is 42.5 Å². The Morgan fingerprint density at radius 2 is 1.83 bits per heavy atom. The Labute approximate surface area is 72.4 Å². The van der Waals surface area contributed by atoms with Crippen molar-refractivity contribution in [2.45, 2.75) is 6.29 Å². The van der Waals surface area contributed by atoms with Gasteiger partial charge in [0.05, 0.1) is 6.54 Å². The monoisotopic (exact) mass is 198 g/mol. The molecule has 0 atom stereocenters. The first-order valence-corrected chi connectivity index (χ1v) is 4.77. The summed E-state index contributed by atoms with van der Waals surface area (Å²) in [7, 11) is 0.786. The Kier molecular flexibility index (Phi) is 5.34. The van der Waals surface area contributed by atoms with Crippen LogP contribution in [-0.2, 0) is 19.7 Å². The number of methoxy groups -OCH3 is 2. The van der Waals surface area contributed by atoms with Crippen LogP contribution in [0.5, 0.6) is 0 Å². The molecule has 0 aliphatic heterocycles. The normalized spacial score (nSPS) is 12.3. The molecule has 0 saturated carbocycles. The van der Waals surface area contributed by atoms with E-state index in [2.05, 4.69) is 9.44 Å². The van der Waals surface area contributed by atoms with Crippen LogP contribution in [0.1, 0.15) is 0 Å². The van der Waals surface area contributed by atoms with Gasteiger partial charge in [0, 0.05) is 21.3 Å². The molecule has 12 heavy (non-hydrogen) atoms. The first kappa shape index (κ1) is 11.8. The van der Waals surface area contributed by atoms with E-state index in [0.29, 0.717) is 0 Å². The third-order valence-electron chi connectivity index (χ3n) is 1.23. The maximum Gasteiger partial charge on any atom is 0.276 e. The number of hydrogen-bond acceptors (Lipinski definition) is 4. The molecule has 7 heteroatoms. The molecule has 0 aromatic carbocycles. The van der Waals surface area contributed by atoms with Gasteiger partial charge in [0.2, 0.25) is 0 Å². The summed E-state index contributed by atoms with van der Waals surface area (Å²) in [5.74, 6) is 0. The second kappa shape index (κ2) is 5.44. The van der Waals surface area contributed by atoms with Gasteiger partial charge in [-0.1, -0.05) is 0 Å². The summed E-state index contributed by atoms with van der Waals surface area (Å²) in [6.07, 6.45) is -0.562. The topological polar surface area (TPSA) is 76.7 Å². The van der Waals surface area contributed by atoms with Crippen molar-refractivity contribution in [2.75, 3.05) is 27.8 Å². The van der Waals surface area contributed by atoms with Crippen LogP contribution < -0.4 is 9.44 Å². The van der Waals surface area contributed by atoms with Crippen LogP contribution >= 0.6 is 0 Å². The highest BCUT2D eigenvalue weighted by atomic mass is 32.2. The summed E-state index contributed by atoms with van der Waals surface area (Å²) in [5.41, 5.74) is 0. The van der Waals surface area contributed by atoms with Gasteiger partial charge in [0.15, 0.2) is 6.29 Å². The molecule has 0 unspecified atom stereocenters. The first-order chi connectivity index (χ1) is 5.55. The van der Waals surface area contributed by atoms with Crippen molar-refractivity contribution < 1.29 is 17.9 Å². The van der Waals surface area contributed by atoms with Crippen molar-refractivity contribution in [1.82, 2.24) is 9.44 Å². The minimum atomic E-state index is -3.39. The lowest BCUT2D eigenvalue weighted by molar-refractivity contribution is -0.0961. The quantitative estimate of drug-likeness (QED) is 0.518. The molecule has 0 amide bonds. The molecule has 0 aliphatic carbocycles. The lowest BCUT2D eigenvalue weighted by atomic mass is 10.6. The van der Waals surface area contributed by atoms with Gasteiger partial charge in [-0.2, -0.15) is 13.1 Å². The van der Waals surface area contributed by atoms with Gasteiger partial charge in [-0.3, -0.25) is 0 Å². The van der Waals surface area contributed by atoms with Crippen molar-refractivity contribution in [1.29, 1.82) is 0 Å². The minimum Gasteiger partial charge on any atom is -0.355 e. The smallest absolute Gasteiger partial charge is 0.276 e. The van der Waals surface area contributed by atoms with Gasteiger partial charge in [-0.05, 0) is 0 Å². The third-order valence-corrected chi connectivity index (χ3v) is 2.32. The van der Waals surface area contributed by atoms with Gasteiger partial charge in [-0.25, -0.2) is 4.72 Å². The van der Waals surface area contributed by atoms with Crippen molar-refractivity contribution >= 4 is 10.2 Å². The summed E-state index contributed by atoms with van der Waals surface area (Å²) in [6.45, 7) is 0.0795. The molecule has 0 aromatic heterocycles. The summed E-state index contributed by atoms with van der Waals surface area (Å²) >= 11 is 0. The molecule has 0 saturated heterocycles. The number of rotatable bonds is 6. The predicted molar refractivity (Wildman–Crippen MR) is 43.8 cm³/mol. The zero-order valence-corrected chi connectivity index (χ0v) is 8.14. The molecule has 74 valence electrons. The van der Waals surface area contributed by atoms with E-state index < -0.39 is 16.5 Å². The van der Waals surface area contributed by atoms with Crippen LogP contribution in [0, 0.1) is 0 Å². The van der Waals surface area contributed by atoms with Crippen LogP contribution in [0.4, 0.5) is 0 Å². The zero-order valence-electron chi connectivity index (χ0n) is 7.33. The molecule has 0 rings (SSSR count). The molecule has 0 aromatic rings. The van der Waals surface area contributed by atoms with Crippen molar-refractivity contribution in [2.24, 2.45) is 0 Å². The van der Waals surface area contributed by atoms with Crippen molar-refractivity contribution in [3.05, 3.63) is 0 Å². The van der Waals surface area contributed by atoms with Crippen LogP contribution in [0.25, 0.3) is 0 Å². The fraction of sp³-hybridized carbons (Fsp3) is 1.00. The minimum absolute atomic E-state index is 0.0795. The summed E-state index contributed by atoms with van der Waals surface area (Å²) in [6, 6.07) is 0. The second-order valence-corrected chi connectivity index (χ2v) is 3.66. The summed E-state index contributed by atoms with van der Waals surface area (Å²) < 4.78 is 35.4. The largest absolute Gasteiger partial charge is 0.355 e. The fourth-order valence-electron chi connectivity index (χ4n) is 0.513. The molecule has 6 nitrogen and oxygen atoms in total. The highest BCUT2D eigenvalue weighted by Crippen LogP contribution is 1.88. The maximum absolute atomic E-state index is 10.8. The molecule has 0 bridgehead atoms. The first-order valence-electron chi connectivity index (χ1n) is 3.29. The predicted octanol–water partition coefficient (Wildman–Crippen LogP) is -1.34. The SMILES string of the molecule is CNS(=O)(=O)NCC(OC)OC. The molecule has 0 heterocycles. The van der Waals surface area contributed by atoms with E-state index in [1.807, 2.05) is 0 Å². The molecule has 0 radical (unpaired) electrons. The Morgan fingerprint density at radius 3 is 2.17 bits per heavy atom. The molecular weight excluding hydrogens is 184 g/mol. The fourth-order valence-corrected chi connectivity index (χ4v) is 1.01. The van der Waals surface area contributed by atoms with E-state index in [0.717, 1.165) is 0 Å². The Balaban J connectivity index is 3.81. The standard InChI is InChI=1S/C5H14N2O4S/c1-6-12(8,9)7-4-5(10-2)11-3/h5-7H,4H2,1-3H3. The highest BCUT2D eigenvalue weighted by Gasteiger charge is 2.10. The molecule has 0 aliphatic rings. The van der Waals surface area contributed by atoms with E-state index >= 15 is 0 Å². The number of nitrogens with one attached hydrogen (secondary N) is 2. The number of ether oxygens (including phenoxy) is 2. The van der Waals surface area contributed by atoms with E-state index in [-0.39, 0.29) is 6.54 Å². The number of hydrogen-bond donors (Lipinski definition) is 2. The average Bonchev–Trinajstić information content (AvgIpc) is 2.06. The Hall–Kier alpha value is -0.210. The third kappa shape index (κ3) is 4.62. The maximum atomic E-state index is 10.8. The Morgan fingerprint density at radius 1 is 1.33 bits per heavy atom. The van der Waals surface area contributed by atoms with Crippen LogP contribution in [0.2, 0.25) is 0 Å². The van der Waals surface area contributed by atoms with Gasteiger partial charge >= 0.3 is 0 Å². The second-order valence-electron chi connectivity index (χ2n) is 1.96. The van der Waals surface area contributed by atoms with E-state index in [4.69, 9.17) is 9.47 Å².